The average Bonchev–Trinajstić information content (AvgIpc) is 2.65. The lowest BCUT2D eigenvalue weighted by Crippen LogP contribution is -2.31. The van der Waals surface area contributed by atoms with Gasteiger partial charge in [-0.25, -0.2) is 0 Å². The van der Waals surface area contributed by atoms with E-state index in [9.17, 15) is 4.79 Å². The Balaban J connectivity index is 2.69. The molecule has 1 aromatic heterocycles. The Morgan fingerprint density at radius 3 is 2.80 bits per heavy atom. The fourth-order valence-corrected chi connectivity index (χ4v) is 2.10. The van der Waals surface area contributed by atoms with E-state index in [2.05, 4.69) is 25.5 Å². The highest BCUT2D eigenvalue weighted by Crippen LogP contribution is 2.12. The van der Waals surface area contributed by atoms with Crippen molar-refractivity contribution in [1.29, 1.82) is 0 Å². The van der Waals surface area contributed by atoms with E-state index >= 15 is 0 Å². The van der Waals surface area contributed by atoms with Gasteiger partial charge in [0.05, 0.1) is 5.69 Å². The first-order chi connectivity index (χ1) is 7.20. The molecule has 0 saturated carbocycles. The van der Waals surface area contributed by atoms with E-state index in [1.165, 1.54) is 11.5 Å². The molecule has 0 spiro atoms. The number of carbonyl (C=O) groups excluding carboxylic acids is 1. The molecule has 0 aromatic carbocycles. The van der Waals surface area contributed by atoms with Crippen LogP contribution < -0.4 is 0 Å². The first kappa shape index (κ1) is 12.6. The third-order valence-corrected chi connectivity index (χ3v) is 3.45. The molecule has 1 aromatic rings. The maximum atomic E-state index is 12.0. The number of carbonyl (C=O) groups is 1. The molecule has 0 aliphatic rings. The van der Waals surface area contributed by atoms with Crippen LogP contribution >= 0.6 is 27.5 Å². The Hall–Kier alpha value is -0.490. The molecule has 0 bridgehead atoms. The minimum Gasteiger partial charge on any atom is -0.338 e. The number of aryl methyl sites for hydroxylation is 1. The summed E-state index contributed by atoms with van der Waals surface area (Å²) in [5.74, 6) is 0.0472. The van der Waals surface area contributed by atoms with Crippen LogP contribution in [0.3, 0.4) is 0 Å². The molecule has 6 heteroatoms. The van der Waals surface area contributed by atoms with Crippen molar-refractivity contribution >= 4 is 33.4 Å². The van der Waals surface area contributed by atoms with Gasteiger partial charge in [0.15, 0.2) is 0 Å². The summed E-state index contributed by atoms with van der Waals surface area (Å²) in [5, 5.41) is 4.76. The van der Waals surface area contributed by atoms with Crippen LogP contribution in [0.25, 0.3) is 0 Å². The van der Waals surface area contributed by atoms with E-state index in [4.69, 9.17) is 0 Å². The molecule has 0 radical (unpaired) electrons. The maximum Gasteiger partial charge on any atom is 0.267 e. The van der Waals surface area contributed by atoms with E-state index in [1.807, 2.05) is 18.7 Å². The highest BCUT2D eigenvalue weighted by atomic mass is 79.9. The second-order valence-electron chi connectivity index (χ2n) is 3.11. The molecule has 0 aliphatic carbocycles. The molecule has 15 heavy (non-hydrogen) atoms. The third kappa shape index (κ3) is 3.24. The van der Waals surface area contributed by atoms with Crippen molar-refractivity contribution in [3.05, 3.63) is 10.6 Å². The highest BCUT2D eigenvalue weighted by molar-refractivity contribution is 9.09. The summed E-state index contributed by atoms with van der Waals surface area (Å²) >= 11 is 4.53. The minimum absolute atomic E-state index is 0.0472. The number of alkyl halides is 1. The predicted molar refractivity (Wildman–Crippen MR) is 64.6 cm³/mol. The monoisotopic (exact) mass is 291 g/mol. The van der Waals surface area contributed by atoms with Gasteiger partial charge in [0.25, 0.3) is 5.91 Å². The number of hydrogen-bond acceptors (Lipinski definition) is 4. The van der Waals surface area contributed by atoms with Crippen molar-refractivity contribution in [2.24, 2.45) is 0 Å². The SMILES string of the molecule is CCN(CCCBr)C(=O)c1snnc1C. The molecule has 1 amide bonds. The van der Waals surface area contributed by atoms with Crippen LogP contribution in [-0.4, -0.2) is 38.8 Å². The van der Waals surface area contributed by atoms with Gasteiger partial charge >= 0.3 is 0 Å². The van der Waals surface area contributed by atoms with Gasteiger partial charge < -0.3 is 4.90 Å². The smallest absolute Gasteiger partial charge is 0.267 e. The third-order valence-electron chi connectivity index (χ3n) is 2.08. The molecule has 84 valence electrons. The maximum absolute atomic E-state index is 12.0. The number of aromatic nitrogens is 2. The lowest BCUT2D eigenvalue weighted by molar-refractivity contribution is 0.0769. The zero-order valence-corrected chi connectivity index (χ0v) is 11.3. The normalized spacial score (nSPS) is 10.3. The van der Waals surface area contributed by atoms with Crippen LogP contribution in [0.15, 0.2) is 0 Å². The first-order valence-corrected chi connectivity index (χ1v) is 6.74. The molecule has 0 N–H and O–H groups in total. The predicted octanol–water partition coefficient (Wildman–Crippen LogP) is 2.09. The fourth-order valence-electron chi connectivity index (χ4n) is 1.23. The molecule has 0 unspecified atom stereocenters. The Kier molecular flexibility index (Phi) is 5.17. The van der Waals surface area contributed by atoms with Crippen molar-refractivity contribution in [3.63, 3.8) is 0 Å². The molecule has 1 heterocycles. The average molecular weight is 292 g/mol. The van der Waals surface area contributed by atoms with Gasteiger partial charge in [0.2, 0.25) is 0 Å². The topological polar surface area (TPSA) is 46.1 Å². The van der Waals surface area contributed by atoms with E-state index in [-0.39, 0.29) is 5.91 Å². The summed E-state index contributed by atoms with van der Waals surface area (Å²) < 4.78 is 3.77. The summed E-state index contributed by atoms with van der Waals surface area (Å²) in [7, 11) is 0. The van der Waals surface area contributed by atoms with Gasteiger partial charge in [-0.05, 0) is 31.8 Å². The van der Waals surface area contributed by atoms with Crippen LogP contribution in [0, 0.1) is 6.92 Å². The van der Waals surface area contributed by atoms with Gasteiger partial charge in [-0.2, -0.15) is 0 Å². The largest absolute Gasteiger partial charge is 0.338 e. The summed E-state index contributed by atoms with van der Waals surface area (Å²) in [6, 6.07) is 0. The van der Waals surface area contributed by atoms with E-state index in [0.717, 1.165) is 30.5 Å². The summed E-state index contributed by atoms with van der Waals surface area (Å²) in [6.07, 6.45) is 0.963. The van der Waals surface area contributed by atoms with Crippen molar-refractivity contribution in [3.8, 4) is 0 Å². The first-order valence-electron chi connectivity index (χ1n) is 4.84. The molecule has 4 nitrogen and oxygen atoms in total. The zero-order valence-electron chi connectivity index (χ0n) is 8.86. The number of amides is 1. The molecule has 0 atom stereocenters. The second-order valence-corrected chi connectivity index (χ2v) is 4.66. The molecular weight excluding hydrogens is 278 g/mol. The molecule has 1 rings (SSSR count). The Labute approximate surface area is 102 Å². The second kappa shape index (κ2) is 6.17. The van der Waals surface area contributed by atoms with E-state index in [0.29, 0.717) is 4.88 Å². The van der Waals surface area contributed by atoms with Gasteiger partial charge in [-0.15, -0.1) is 5.10 Å². The van der Waals surface area contributed by atoms with E-state index < -0.39 is 0 Å². The molecular formula is C9H14BrN3OS. The standard InChI is InChI=1S/C9H14BrN3OS/c1-3-13(6-4-5-10)9(14)8-7(2)11-12-15-8/h3-6H2,1-2H3. The van der Waals surface area contributed by atoms with Crippen LogP contribution in [0.2, 0.25) is 0 Å². The fraction of sp³-hybridized carbons (Fsp3) is 0.667. The van der Waals surface area contributed by atoms with E-state index in [1.54, 1.807) is 0 Å². The lowest BCUT2D eigenvalue weighted by Gasteiger charge is -2.19. The Morgan fingerprint density at radius 2 is 2.33 bits per heavy atom. The molecule has 0 fully saturated rings. The Bertz CT molecular complexity index is 329. The number of nitrogens with zero attached hydrogens (tertiary/aromatic N) is 3. The van der Waals surface area contributed by atoms with Crippen LogP contribution in [0.1, 0.15) is 28.7 Å². The van der Waals surface area contributed by atoms with Crippen LogP contribution in [-0.2, 0) is 0 Å². The lowest BCUT2D eigenvalue weighted by atomic mass is 10.3. The Morgan fingerprint density at radius 1 is 1.60 bits per heavy atom. The van der Waals surface area contributed by atoms with Gasteiger partial charge in [-0.1, -0.05) is 20.4 Å². The summed E-state index contributed by atoms with van der Waals surface area (Å²) in [5.41, 5.74) is 0.724. The zero-order chi connectivity index (χ0) is 11.3. The number of hydrogen-bond donors (Lipinski definition) is 0. The summed E-state index contributed by atoms with van der Waals surface area (Å²) in [4.78, 5) is 14.5. The summed E-state index contributed by atoms with van der Waals surface area (Å²) in [6.45, 7) is 5.30. The quantitative estimate of drug-likeness (QED) is 0.781. The highest BCUT2D eigenvalue weighted by Gasteiger charge is 2.18. The molecule has 0 aliphatic heterocycles. The van der Waals surface area contributed by atoms with Gasteiger partial charge in [0.1, 0.15) is 4.88 Å². The van der Waals surface area contributed by atoms with Crippen molar-refractivity contribution < 1.29 is 4.79 Å². The van der Waals surface area contributed by atoms with Crippen LogP contribution in [0.5, 0.6) is 0 Å². The van der Waals surface area contributed by atoms with Crippen molar-refractivity contribution in [1.82, 2.24) is 14.5 Å². The number of rotatable bonds is 5. The number of halogens is 1. The van der Waals surface area contributed by atoms with Crippen molar-refractivity contribution in [2.45, 2.75) is 20.3 Å². The van der Waals surface area contributed by atoms with Crippen LogP contribution in [0.4, 0.5) is 0 Å². The van der Waals surface area contributed by atoms with Gasteiger partial charge in [0, 0.05) is 18.4 Å². The molecule has 0 saturated heterocycles. The van der Waals surface area contributed by atoms with Crippen molar-refractivity contribution in [2.75, 3.05) is 18.4 Å². The minimum atomic E-state index is 0.0472. The van der Waals surface area contributed by atoms with Gasteiger partial charge in [-0.3, -0.25) is 4.79 Å².